The number of urea groups is 1. The second kappa shape index (κ2) is 5.85. The van der Waals surface area contributed by atoms with Gasteiger partial charge in [-0.25, -0.2) is 4.79 Å². The maximum Gasteiger partial charge on any atom is 0.317 e. The van der Waals surface area contributed by atoms with Crippen molar-refractivity contribution in [1.82, 2.24) is 10.2 Å². The van der Waals surface area contributed by atoms with Crippen LogP contribution in [0.15, 0.2) is 24.3 Å². The Kier molecular flexibility index (Phi) is 4.09. The van der Waals surface area contributed by atoms with E-state index < -0.39 is 0 Å². The largest absolute Gasteiger partial charge is 0.394 e. The third-order valence-corrected chi connectivity index (χ3v) is 4.99. The van der Waals surface area contributed by atoms with Crippen molar-refractivity contribution in [1.29, 1.82) is 0 Å². The molecule has 2 N–H and O–H groups in total. The highest BCUT2D eigenvalue weighted by Crippen LogP contribution is 2.47. The molecule has 2 aliphatic rings. The lowest BCUT2D eigenvalue weighted by Gasteiger charge is -2.25. The first-order chi connectivity index (χ1) is 10.1. The minimum absolute atomic E-state index is 0.0179. The van der Waals surface area contributed by atoms with Crippen LogP contribution in [0, 0.1) is 0 Å². The summed E-state index contributed by atoms with van der Waals surface area (Å²) in [5.74, 6) is 0. The lowest BCUT2D eigenvalue weighted by molar-refractivity contribution is 0.156. The second-order valence-electron chi connectivity index (χ2n) is 6.12. The molecule has 0 aromatic heterocycles. The molecule has 1 saturated heterocycles. The van der Waals surface area contributed by atoms with Gasteiger partial charge in [0.1, 0.15) is 0 Å². The lowest BCUT2D eigenvalue weighted by atomic mass is 9.96. The molecule has 1 aromatic rings. The van der Waals surface area contributed by atoms with Gasteiger partial charge in [0.2, 0.25) is 0 Å². The number of aliphatic hydroxyl groups excluding tert-OH is 1. The molecule has 0 spiro atoms. The van der Waals surface area contributed by atoms with Crippen molar-refractivity contribution >= 4 is 17.6 Å². The molecule has 0 bridgehead atoms. The van der Waals surface area contributed by atoms with E-state index in [1.165, 1.54) is 5.56 Å². The van der Waals surface area contributed by atoms with Crippen LogP contribution in [0.3, 0.4) is 0 Å². The van der Waals surface area contributed by atoms with Crippen LogP contribution in [0.25, 0.3) is 0 Å². The predicted molar refractivity (Wildman–Crippen MR) is 82.6 cm³/mol. The van der Waals surface area contributed by atoms with Crippen LogP contribution in [0.4, 0.5) is 4.79 Å². The molecule has 0 radical (unpaired) electrons. The summed E-state index contributed by atoms with van der Waals surface area (Å²) >= 11 is 5.93. The molecule has 2 amide bonds. The van der Waals surface area contributed by atoms with Crippen LogP contribution < -0.4 is 5.32 Å². The van der Waals surface area contributed by atoms with Crippen molar-refractivity contribution in [3.05, 3.63) is 34.9 Å². The van der Waals surface area contributed by atoms with Crippen molar-refractivity contribution in [3.63, 3.8) is 0 Å². The van der Waals surface area contributed by atoms with Crippen molar-refractivity contribution in [3.8, 4) is 0 Å². The summed E-state index contributed by atoms with van der Waals surface area (Å²) in [5.41, 5.74) is 1.32. The van der Waals surface area contributed by atoms with E-state index in [1.54, 1.807) is 4.90 Å². The first-order valence-electron chi connectivity index (χ1n) is 7.56. The number of aliphatic hydroxyl groups is 1. The number of hydrogen-bond donors (Lipinski definition) is 2. The van der Waals surface area contributed by atoms with E-state index in [0.717, 1.165) is 37.3 Å². The van der Waals surface area contributed by atoms with Gasteiger partial charge in [-0.05, 0) is 43.4 Å². The smallest absolute Gasteiger partial charge is 0.317 e. The molecule has 114 valence electrons. The summed E-state index contributed by atoms with van der Waals surface area (Å²) in [4.78, 5) is 14.0. The number of nitrogens with one attached hydrogen (secondary N) is 1. The van der Waals surface area contributed by atoms with Crippen LogP contribution in [-0.2, 0) is 5.41 Å². The van der Waals surface area contributed by atoms with Gasteiger partial charge in [0, 0.05) is 23.5 Å². The van der Waals surface area contributed by atoms with Gasteiger partial charge in [0.15, 0.2) is 0 Å². The van der Waals surface area contributed by atoms with E-state index >= 15 is 0 Å². The van der Waals surface area contributed by atoms with E-state index in [9.17, 15) is 9.90 Å². The maximum atomic E-state index is 12.3. The SMILES string of the molecule is O=C(NCC1(c2ccc(Cl)cc2)CC1)N1CCCC1CO. The summed E-state index contributed by atoms with van der Waals surface area (Å²) in [5, 5.41) is 13.1. The van der Waals surface area contributed by atoms with Crippen LogP contribution in [0.1, 0.15) is 31.2 Å². The number of likely N-dealkylation sites (tertiary alicyclic amines) is 1. The van der Waals surface area contributed by atoms with Crippen LogP contribution in [0.2, 0.25) is 5.02 Å². The molecule has 1 aliphatic carbocycles. The zero-order valence-electron chi connectivity index (χ0n) is 12.0. The Bertz CT molecular complexity index is 514. The minimum atomic E-state index is -0.0493. The number of halogens is 1. The second-order valence-corrected chi connectivity index (χ2v) is 6.55. The summed E-state index contributed by atoms with van der Waals surface area (Å²) in [6.07, 6.45) is 4.06. The Hall–Kier alpha value is -1.26. The molecule has 1 aliphatic heterocycles. The number of carbonyl (C=O) groups is 1. The molecule has 4 nitrogen and oxygen atoms in total. The average Bonchev–Trinajstić information content (AvgIpc) is 3.13. The van der Waals surface area contributed by atoms with Gasteiger partial charge in [0.05, 0.1) is 12.6 Å². The van der Waals surface area contributed by atoms with E-state index in [0.29, 0.717) is 6.54 Å². The Labute approximate surface area is 130 Å². The highest BCUT2D eigenvalue weighted by molar-refractivity contribution is 6.30. The predicted octanol–water partition coefficient (Wildman–Crippen LogP) is 2.54. The van der Waals surface area contributed by atoms with Gasteiger partial charge in [0.25, 0.3) is 0 Å². The van der Waals surface area contributed by atoms with Gasteiger partial charge in [-0.15, -0.1) is 0 Å². The molecule has 1 atom stereocenters. The number of carbonyl (C=O) groups excluding carboxylic acids is 1. The number of nitrogens with zero attached hydrogens (tertiary/aromatic N) is 1. The summed E-state index contributed by atoms with van der Waals surface area (Å²) in [6, 6.07) is 7.84. The third-order valence-electron chi connectivity index (χ3n) is 4.74. The Morgan fingerprint density at radius 3 is 2.71 bits per heavy atom. The molecule has 1 unspecified atom stereocenters. The number of hydrogen-bond acceptors (Lipinski definition) is 2. The first kappa shape index (κ1) is 14.7. The van der Waals surface area contributed by atoms with Crippen LogP contribution >= 0.6 is 11.6 Å². The quantitative estimate of drug-likeness (QED) is 0.898. The van der Waals surface area contributed by atoms with E-state index in [-0.39, 0.29) is 24.1 Å². The molecule has 2 fully saturated rings. The zero-order valence-corrected chi connectivity index (χ0v) is 12.8. The molecule has 1 saturated carbocycles. The molecular weight excluding hydrogens is 288 g/mol. The maximum absolute atomic E-state index is 12.3. The third kappa shape index (κ3) is 3.01. The fraction of sp³-hybridized carbons (Fsp3) is 0.562. The topological polar surface area (TPSA) is 52.6 Å². The minimum Gasteiger partial charge on any atom is -0.394 e. The summed E-state index contributed by atoms with van der Waals surface area (Å²) < 4.78 is 0. The Morgan fingerprint density at radius 1 is 1.38 bits per heavy atom. The standard InChI is InChI=1S/C16H21ClN2O2/c17-13-5-3-12(4-6-13)16(7-8-16)11-18-15(21)19-9-1-2-14(19)10-20/h3-6,14,20H,1-2,7-11H2,(H,18,21). The van der Waals surface area contributed by atoms with Crippen molar-refractivity contribution < 1.29 is 9.90 Å². The van der Waals surface area contributed by atoms with Crippen LogP contribution in [-0.4, -0.2) is 41.8 Å². The normalized spacial score (nSPS) is 23.1. The molecule has 3 rings (SSSR count). The zero-order chi connectivity index (χ0) is 14.9. The van der Waals surface area contributed by atoms with E-state index in [1.807, 2.05) is 24.3 Å². The van der Waals surface area contributed by atoms with Gasteiger partial charge in [-0.2, -0.15) is 0 Å². The van der Waals surface area contributed by atoms with E-state index in [4.69, 9.17) is 11.6 Å². The fourth-order valence-electron chi connectivity index (χ4n) is 3.16. The number of benzene rings is 1. The van der Waals surface area contributed by atoms with Gasteiger partial charge < -0.3 is 15.3 Å². The molecule has 21 heavy (non-hydrogen) atoms. The van der Waals surface area contributed by atoms with Gasteiger partial charge >= 0.3 is 6.03 Å². The van der Waals surface area contributed by atoms with Crippen molar-refractivity contribution in [2.24, 2.45) is 0 Å². The van der Waals surface area contributed by atoms with Crippen LogP contribution in [0.5, 0.6) is 0 Å². The van der Waals surface area contributed by atoms with Crippen molar-refractivity contribution in [2.75, 3.05) is 19.7 Å². The highest BCUT2D eigenvalue weighted by atomic mass is 35.5. The van der Waals surface area contributed by atoms with Gasteiger partial charge in [-0.1, -0.05) is 23.7 Å². The number of rotatable bonds is 4. The fourth-order valence-corrected chi connectivity index (χ4v) is 3.29. The molecule has 1 heterocycles. The lowest BCUT2D eigenvalue weighted by Crippen LogP contribution is -2.46. The summed E-state index contributed by atoms with van der Waals surface area (Å²) in [7, 11) is 0. The first-order valence-corrected chi connectivity index (χ1v) is 7.94. The summed E-state index contributed by atoms with van der Waals surface area (Å²) in [6.45, 7) is 1.45. The van der Waals surface area contributed by atoms with Gasteiger partial charge in [-0.3, -0.25) is 0 Å². The highest BCUT2D eigenvalue weighted by Gasteiger charge is 2.44. The Morgan fingerprint density at radius 2 is 2.10 bits per heavy atom. The molecule has 1 aromatic carbocycles. The van der Waals surface area contributed by atoms with E-state index in [2.05, 4.69) is 5.32 Å². The monoisotopic (exact) mass is 308 g/mol. The molecule has 5 heteroatoms. The number of amides is 2. The Balaban J connectivity index is 1.59. The molecular formula is C16H21ClN2O2. The average molecular weight is 309 g/mol. The van der Waals surface area contributed by atoms with Crippen molar-refractivity contribution in [2.45, 2.75) is 37.1 Å².